The molecule has 2 rings (SSSR count). The number of benzene rings is 1. The molecule has 1 aromatic carbocycles. The van der Waals surface area contributed by atoms with E-state index in [1.807, 2.05) is 13.0 Å². The summed E-state index contributed by atoms with van der Waals surface area (Å²) in [6, 6.07) is 10.4. The summed E-state index contributed by atoms with van der Waals surface area (Å²) < 4.78 is 0. The highest BCUT2D eigenvalue weighted by atomic mass is 35.5. The van der Waals surface area contributed by atoms with Gasteiger partial charge in [0.2, 0.25) is 0 Å². The van der Waals surface area contributed by atoms with Crippen LogP contribution < -0.4 is 5.32 Å². The van der Waals surface area contributed by atoms with Crippen LogP contribution in [0.2, 0.25) is 0 Å². The molecule has 0 fully saturated rings. The normalized spacial score (nSPS) is 11.8. The van der Waals surface area contributed by atoms with Crippen LogP contribution in [0.5, 0.6) is 0 Å². The molecule has 2 nitrogen and oxygen atoms in total. The summed E-state index contributed by atoms with van der Waals surface area (Å²) in [6.45, 7) is 7.54. The largest absolute Gasteiger partial charge is 0.384 e. The lowest BCUT2D eigenvalue weighted by molar-refractivity contribution is 0.355. The molecule has 0 unspecified atom stereocenters. The van der Waals surface area contributed by atoms with Gasteiger partial charge in [-0.25, -0.2) is 0 Å². The van der Waals surface area contributed by atoms with Crippen molar-refractivity contribution in [2.75, 3.05) is 17.7 Å². The van der Waals surface area contributed by atoms with E-state index < -0.39 is 0 Å². The van der Waals surface area contributed by atoms with Crippen LogP contribution in [0.15, 0.2) is 30.3 Å². The number of pyridine rings is 1. The third-order valence-electron chi connectivity index (χ3n) is 3.59. The van der Waals surface area contributed by atoms with Gasteiger partial charge in [0, 0.05) is 29.2 Å². The first-order chi connectivity index (χ1) is 9.52. The Balaban J connectivity index is 2.17. The lowest BCUT2D eigenvalue weighted by Gasteiger charge is -2.25. The number of alkyl halides is 1. The van der Waals surface area contributed by atoms with Crippen LogP contribution in [0, 0.1) is 12.3 Å². The summed E-state index contributed by atoms with van der Waals surface area (Å²) in [7, 11) is 0. The second kappa shape index (κ2) is 6.45. The van der Waals surface area contributed by atoms with Gasteiger partial charge in [0.05, 0.1) is 5.52 Å². The molecule has 1 aromatic heterocycles. The molecule has 1 heterocycles. The summed E-state index contributed by atoms with van der Waals surface area (Å²) in [6.07, 6.45) is 2.19. The minimum absolute atomic E-state index is 0.243. The fraction of sp³-hybridized carbons (Fsp3) is 0.471. The van der Waals surface area contributed by atoms with Crippen LogP contribution in [0.1, 0.15) is 32.4 Å². The average Bonchev–Trinajstić information content (AvgIpc) is 2.42. The van der Waals surface area contributed by atoms with E-state index in [1.165, 1.54) is 11.1 Å². The number of para-hydroxylation sites is 1. The van der Waals surface area contributed by atoms with Gasteiger partial charge in [-0.3, -0.25) is 4.98 Å². The predicted molar refractivity (Wildman–Crippen MR) is 88.7 cm³/mol. The van der Waals surface area contributed by atoms with E-state index in [9.17, 15) is 0 Å². The number of halogens is 1. The Hall–Kier alpha value is -1.28. The lowest BCUT2D eigenvalue weighted by atomic mass is 9.88. The summed E-state index contributed by atoms with van der Waals surface area (Å²) in [5, 5.41) is 4.78. The Morgan fingerprint density at radius 1 is 1.25 bits per heavy atom. The SMILES string of the molecule is Cc1cc(NCC(C)(C)CCCCl)c2ccccc2n1. The Morgan fingerprint density at radius 3 is 2.75 bits per heavy atom. The molecule has 0 amide bonds. The molecule has 0 spiro atoms. The summed E-state index contributed by atoms with van der Waals surface area (Å²) in [5.41, 5.74) is 3.51. The van der Waals surface area contributed by atoms with Crippen LogP contribution in [0.25, 0.3) is 10.9 Å². The number of rotatable bonds is 6. The predicted octanol–water partition coefficient (Wildman–Crippen LogP) is 5.00. The first-order valence-corrected chi connectivity index (χ1v) is 7.71. The summed E-state index contributed by atoms with van der Waals surface area (Å²) in [4.78, 5) is 4.57. The zero-order valence-corrected chi connectivity index (χ0v) is 13.3. The number of nitrogens with one attached hydrogen (secondary N) is 1. The second-order valence-electron chi connectivity index (χ2n) is 6.14. The fourth-order valence-corrected chi connectivity index (χ4v) is 2.56. The van der Waals surface area contributed by atoms with Crippen molar-refractivity contribution in [3.63, 3.8) is 0 Å². The molecule has 0 saturated heterocycles. The molecular weight excluding hydrogens is 268 g/mol. The minimum Gasteiger partial charge on any atom is -0.384 e. The molecule has 0 saturated carbocycles. The van der Waals surface area contributed by atoms with Gasteiger partial charge < -0.3 is 5.32 Å². The van der Waals surface area contributed by atoms with E-state index in [0.717, 1.165) is 36.5 Å². The number of aryl methyl sites for hydroxylation is 1. The van der Waals surface area contributed by atoms with Gasteiger partial charge in [0.1, 0.15) is 0 Å². The summed E-state index contributed by atoms with van der Waals surface area (Å²) >= 11 is 5.79. The molecular formula is C17H23ClN2. The Bertz CT molecular complexity index is 578. The van der Waals surface area contributed by atoms with Gasteiger partial charge in [-0.1, -0.05) is 32.0 Å². The fourth-order valence-electron chi connectivity index (χ4n) is 2.42. The second-order valence-corrected chi connectivity index (χ2v) is 6.52. The molecule has 20 heavy (non-hydrogen) atoms. The van der Waals surface area contributed by atoms with Gasteiger partial charge in [0.25, 0.3) is 0 Å². The standard InChI is InChI=1S/C17H23ClN2/c1-13-11-16(14-7-4-5-8-15(14)20-13)19-12-17(2,3)9-6-10-18/h4-5,7-8,11H,6,9-10,12H2,1-3H3,(H,19,20). The number of anilines is 1. The maximum Gasteiger partial charge on any atom is 0.0725 e. The maximum atomic E-state index is 5.79. The van der Waals surface area contributed by atoms with Crippen LogP contribution in [-0.4, -0.2) is 17.4 Å². The molecule has 0 atom stereocenters. The Morgan fingerprint density at radius 2 is 2.00 bits per heavy atom. The highest BCUT2D eigenvalue weighted by Crippen LogP contribution is 2.27. The van der Waals surface area contributed by atoms with Gasteiger partial charge in [0.15, 0.2) is 0 Å². The highest BCUT2D eigenvalue weighted by molar-refractivity contribution is 6.17. The minimum atomic E-state index is 0.243. The molecule has 108 valence electrons. The first kappa shape index (κ1) is 15.1. The molecule has 2 aromatic rings. The van der Waals surface area contributed by atoms with E-state index in [0.29, 0.717) is 0 Å². The van der Waals surface area contributed by atoms with Crippen molar-refractivity contribution < 1.29 is 0 Å². The zero-order chi connectivity index (χ0) is 14.6. The average molecular weight is 291 g/mol. The van der Waals surface area contributed by atoms with Gasteiger partial charge in [-0.2, -0.15) is 0 Å². The third-order valence-corrected chi connectivity index (χ3v) is 3.86. The van der Waals surface area contributed by atoms with E-state index in [-0.39, 0.29) is 5.41 Å². The quantitative estimate of drug-likeness (QED) is 0.757. The van der Waals surface area contributed by atoms with Gasteiger partial charge in [-0.15, -0.1) is 11.6 Å². The molecule has 0 aliphatic rings. The van der Waals surface area contributed by atoms with E-state index >= 15 is 0 Å². The number of hydrogen-bond donors (Lipinski definition) is 1. The van der Waals surface area contributed by atoms with Crippen molar-refractivity contribution >= 4 is 28.2 Å². The molecule has 3 heteroatoms. The topological polar surface area (TPSA) is 24.9 Å². The molecule has 0 radical (unpaired) electrons. The molecule has 0 bridgehead atoms. The van der Waals surface area contributed by atoms with Crippen molar-refractivity contribution in [2.45, 2.75) is 33.6 Å². The van der Waals surface area contributed by atoms with E-state index in [2.05, 4.69) is 48.4 Å². The van der Waals surface area contributed by atoms with Crippen molar-refractivity contribution in [1.82, 2.24) is 4.98 Å². The Labute approximate surface area is 126 Å². The Kier molecular flexibility index (Phi) is 4.87. The molecule has 0 aliphatic heterocycles. The van der Waals surface area contributed by atoms with Crippen LogP contribution in [-0.2, 0) is 0 Å². The van der Waals surface area contributed by atoms with Gasteiger partial charge >= 0.3 is 0 Å². The van der Waals surface area contributed by atoms with Crippen LogP contribution in [0.3, 0.4) is 0 Å². The third kappa shape index (κ3) is 3.86. The molecule has 1 N–H and O–H groups in total. The van der Waals surface area contributed by atoms with E-state index in [4.69, 9.17) is 11.6 Å². The highest BCUT2D eigenvalue weighted by Gasteiger charge is 2.17. The maximum absolute atomic E-state index is 5.79. The monoisotopic (exact) mass is 290 g/mol. The number of fused-ring (bicyclic) bond motifs is 1. The summed E-state index contributed by atoms with van der Waals surface area (Å²) in [5.74, 6) is 0.737. The number of hydrogen-bond acceptors (Lipinski definition) is 2. The van der Waals surface area contributed by atoms with Crippen molar-refractivity contribution in [3.05, 3.63) is 36.0 Å². The smallest absolute Gasteiger partial charge is 0.0725 e. The van der Waals surface area contributed by atoms with E-state index in [1.54, 1.807) is 0 Å². The number of nitrogens with zero attached hydrogens (tertiary/aromatic N) is 1. The van der Waals surface area contributed by atoms with Crippen LogP contribution in [0.4, 0.5) is 5.69 Å². The van der Waals surface area contributed by atoms with Crippen molar-refractivity contribution in [2.24, 2.45) is 5.41 Å². The van der Waals surface area contributed by atoms with Crippen LogP contribution >= 0.6 is 11.6 Å². The van der Waals surface area contributed by atoms with Crippen molar-refractivity contribution in [3.8, 4) is 0 Å². The number of aromatic nitrogens is 1. The van der Waals surface area contributed by atoms with Gasteiger partial charge in [-0.05, 0) is 37.3 Å². The zero-order valence-electron chi connectivity index (χ0n) is 12.5. The van der Waals surface area contributed by atoms with Crippen molar-refractivity contribution in [1.29, 1.82) is 0 Å². The lowest BCUT2D eigenvalue weighted by Crippen LogP contribution is -2.23. The molecule has 0 aliphatic carbocycles. The first-order valence-electron chi connectivity index (χ1n) is 7.18.